The lowest BCUT2D eigenvalue weighted by Gasteiger charge is -2.21. The van der Waals surface area contributed by atoms with Gasteiger partial charge in [-0.25, -0.2) is 4.79 Å². The van der Waals surface area contributed by atoms with E-state index in [1.54, 1.807) is 19.2 Å². The quantitative estimate of drug-likeness (QED) is 0.705. The molecule has 1 heterocycles. The number of esters is 1. The van der Waals surface area contributed by atoms with Crippen LogP contribution < -0.4 is 14.8 Å². The van der Waals surface area contributed by atoms with Crippen LogP contribution in [0.2, 0.25) is 0 Å². The lowest BCUT2D eigenvalue weighted by Crippen LogP contribution is -2.34. The normalized spacial score (nSPS) is 16.0. The molecule has 1 N–H and O–H groups in total. The van der Waals surface area contributed by atoms with Gasteiger partial charge in [0.1, 0.15) is 17.6 Å². The molecule has 0 aliphatic carbocycles. The second-order valence-electron chi connectivity index (χ2n) is 7.35. The van der Waals surface area contributed by atoms with E-state index in [0.717, 1.165) is 35.7 Å². The van der Waals surface area contributed by atoms with E-state index >= 15 is 0 Å². The zero-order valence-corrected chi connectivity index (χ0v) is 17.6. The Bertz CT molecular complexity index is 882. The fraction of sp³-hybridized carbons (Fsp3) is 0.391. The summed E-state index contributed by atoms with van der Waals surface area (Å²) in [5.41, 5.74) is 2.50. The molecule has 0 unspecified atom stereocenters. The number of nitrogens with zero attached hydrogens (tertiary/aromatic N) is 1. The molecule has 1 atom stereocenters. The van der Waals surface area contributed by atoms with Crippen LogP contribution in [0.5, 0.6) is 11.5 Å². The van der Waals surface area contributed by atoms with Crippen LogP contribution >= 0.6 is 0 Å². The van der Waals surface area contributed by atoms with Crippen LogP contribution in [0, 0.1) is 0 Å². The molecule has 7 nitrogen and oxygen atoms in total. The highest BCUT2D eigenvalue weighted by Crippen LogP contribution is 2.29. The van der Waals surface area contributed by atoms with Gasteiger partial charge in [0.05, 0.1) is 19.8 Å². The fourth-order valence-electron chi connectivity index (χ4n) is 3.42. The number of carbonyl (C=O) groups is 2. The first-order chi connectivity index (χ1) is 14.5. The van der Waals surface area contributed by atoms with Crippen LogP contribution in [-0.4, -0.2) is 50.2 Å². The highest BCUT2D eigenvalue weighted by atomic mass is 16.5. The first-order valence-corrected chi connectivity index (χ1v) is 9.98. The molecule has 2 aromatic carbocycles. The average molecular weight is 412 g/mol. The van der Waals surface area contributed by atoms with Gasteiger partial charge in [-0.15, -0.1) is 0 Å². The summed E-state index contributed by atoms with van der Waals surface area (Å²) < 4.78 is 16.0. The van der Waals surface area contributed by atoms with E-state index in [2.05, 4.69) is 15.0 Å². The summed E-state index contributed by atoms with van der Waals surface area (Å²) in [6.45, 7) is 4.57. The average Bonchev–Trinajstić information content (AvgIpc) is 2.92. The maximum absolute atomic E-state index is 12.3. The fourth-order valence-corrected chi connectivity index (χ4v) is 3.42. The van der Waals surface area contributed by atoms with Crippen molar-refractivity contribution in [2.45, 2.75) is 32.5 Å². The second kappa shape index (κ2) is 10.1. The van der Waals surface area contributed by atoms with Crippen molar-refractivity contribution in [2.24, 2.45) is 0 Å². The van der Waals surface area contributed by atoms with Crippen LogP contribution in [-0.2, 0) is 22.6 Å². The molecule has 3 rings (SSSR count). The number of rotatable bonds is 7. The van der Waals surface area contributed by atoms with Crippen molar-refractivity contribution < 1.29 is 23.8 Å². The Kier molecular flexibility index (Phi) is 7.30. The molecular weight excluding hydrogens is 384 g/mol. The second-order valence-corrected chi connectivity index (χ2v) is 7.35. The minimum atomic E-state index is -0.374. The maximum Gasteiger partial charge on any atom is 0.337 e. The molecule has 0 aromatic heterocycles. The Hall–Kier alpha value is -3.06. The van der Waals surface area contributed by atoms with E-state index in [4.69, 9.17) is 9.47 Å². The summed E-state index contributed by atoms with van der Waals surface area (Å²) in [6, 6.07) is 12.9. The minimum Gasteiger partial charge on any atom is -0.497 e. The van der Waals surface area contributed by atoms with Gasteiger partial charge in [-0.05, 0) is 30.7 Å². The number of benzene rings is 2. The molecule has 30 heavy (non-hydrogen) atoms. The van der Waals surface area contributed by atoms with Gasteiger partial charge in [0.2, 0.25) is 5.91 Å². The van der Waals surface area contributed by atoms with Gasteiger partial charge in [0.15, 0.2) is 0 Å². The minimum absolute atomic E-state index is 0.0141. The van der Waals surface area contributed by atoms with Crippen molar-refractivity contribution in [3.8, 4) is 11.5 Å². The molecule has 1 aliphatic heterocycles. The predicted octanol–water partition coefficient (Wildman–Crippen LogP) is 2.77. The summed E-state index contributed by atoms with van der Waals surface area (Å²) in [6.07, 6.45) is 0.424. The molecule has 7 heteroatoms. The molecule has 0 saturated carbocycles. The highest BCUT2D eigenvalue weighted by Gasteiger charge is 2.21. The van der Waals surface area contributed by atoms with Crippen molar-refractivity contribution in [2.75, 3.05) is 27.3 Å². The van der Waals surface area contributed by atoms with Crippen LogP contribution in [0.1, 0.15) is 34.8 Å². The van der Waals surface area contributed by atoms with Crippen molar-refractivity contribution in [3.63, 3.8) is 0 Å². The Labute approximate surface area is 176 Å². The number of amides is 1. The third-order valence-corrected chi connectivity index (χ3v) is 5.03. The van der Waals surface area contributed by atoms with Gasteiger partial charge in [-0.1, -0.05) is 18.2 Å². The molecule has 0 saturated heterocycles. The molecule has 2 aromatic rings. The van der Waals surface area contributed by atoms with E-state index in [1.807, 2.05) is 37.3 Å². The van der Waals surface area contributed by atoms with Gasteiger partial charge < -0.3 is 19.5 Å². The van der Waals surface area contributed by atoms with Crippen LogP contribution in [0.3, 0.4) is 0 Å². The van der Waals surface area contributed by atoms with Gasteiger partial charge in [-0.2, -0.15) is 0 Å². The summed E-state index contributed by atoms with van der Waals surface area (Å²) in [7, 11) is 2.99. The molecule has 0 radical (unpaired) electrons. The number of carbonyl (C=O) groups excluding carboxylic acids is 2. The zero-order valence-electron chi connectivity index (χ0n) is 17.6. The zero-order chi connectivity index (χ0) is 21.5. The Morgan fingerprint density at radius 1 is 1.17 bits per heavy atom. The largest absolute Gasteiger partial charge is 0.497 e. The SMILES string of the molecule is COC(=O)c1ccc(CNC(=O)CCN2Cc3ccc(OC)cc3O[C@@H](C)C2)cc1. The highest BCUT2D eigenvalue weighted by molar-refractivity contribution is 5.89. The number of fused-ring (bicyclic) bond motifs is 1. The first-order valence-electron chi connectivity index (χ1n) is 9.98. The molecule has 1 aliphatic rings. The Balaban J connectivity index is 1.49. The molecule has 160 valence electrons. The standard InChI is InChI=1S/C23H28N2O5/c1-16-14-25(15-19-8-9-20(28-2)12-21(19)30-16)11-10-22(26)24-13-17-4-6-18(7-5-17)23(27)29-3/h4-9,12,16H,10-11,13-15H2,1-3H3,(H,24,26)/t16-/m0/s1. The molecule has 0 spiro atoms. The van der Waals surface area contributed by atoms with Gasteiger partial charge in [0, 0.05) is 44.2 Å². The molecule has 0 fully saturated rings. The van der Waals surface area contributed by atoms with Crippen molar-refractivity contribution in [3.05, 3.63) is 59.2 Å². The first kappa shape index (κ1) is 21.6. The Morgan fingerprint density at radius 3 is 2.63 bits per heavy atom. The van der Waals surface area contributed by atoms with Crippen molar-refractivity contribution in [1.82, 2.24) is 10.2 Å². The number of ether oxygens (including phenoxy) is 3. The summed E-state index contributed by atoms with van der Waals surface area (Å²) >= 11 is 0. The maximum atomic E-state index is 12.3. The Morgan fingerprint density at radius 2 is 1.93 bits per heavy atom. The molecule has 1 amide bonds. The van der Waals surface area contributed by atoms with E-state index in [1.165, 1.54) is 7.11 Å². The van der Waals surface area contributed by atoms with Crippen molar-refractivity contribution in [1.29, 1.82) is 0 Å². The lowest BCUT2D eigenvalue weighted by molar-refractivity contribution is -0.121. The summed E-state index contributed by atoms with van der Waals surface area (Å²) in [5, 5.41) is 2.93. The molecule has 0 bridgehead atoms. The number of hydrogen-bond acceptors (Lipinski definition) is 6. The van der Waals surface area contributed by atoms with Gasteiger partial charge in [0.25, 0.3) is 0 Å². The van der Waals surface area contributed by atoms with Gasteiger partial charge >= 0.3 is 5.97 Å². The van der Waals surface area contributed by atoms with Crippen LogP contribution in [0.15, 0.2) is 42.5 Å². The van der Waals surface area contributed by atoms with E-state index in [-0.39, 0.29) is 18.0 Å². The van der Waals surface area contributed by atoms with E-state index in [9.17, 15) is 9.59 Å². The van der Waals surface area contributed by atoms with Gasteiger partial charge in [-0.3, -0.25) is 9.69 Å². The third-order valence-electron chi connectivity index (χ3n) is 5.03. The van der Waals surface area contributed by atoms with Crippen LogP contribution in [0.4, 0.5) is 0 Å². The van der Waals surface area contributed by atoms with E-state index in [0.29, 0.717) is 25.1 Å². The van der Waals surface area contributed by atoms with Crippen molar-refractivity contribution >= 4 is 11.9 Å². The summed E-state index contributed by atoms with van der Waals surface area (Å²) in [4.78, 5) is 26.0. The number of hydrogen-bond donors (Lipinski definition) is 1. The topological polar surface area (TPSA) is 77.1 Å². The summed E-state index contributed by atoms with van der Waals surface area (Å²) in [5.74, 6) is 1.22. The van der Waals surface area contributed by atoms with Crippen LogP contribution in [0.25, 0.3) is 0 Å². The predicted molar refractivity (Wildman–Crippen MR) is 113 cm³/mol. The third kappa shape index (κ3) is 5.73. The number of methoxy groups -OCH3 is 2. The number of nitrogens with one attached hydrogen (secondary N) is 1. The molecular formula is C23H28N2O5. The smallest absolute Gasteiger partial charge is 0.337 e. The van der Waals surface area contributed by atoms with E-state index < -0.39 is 0 Å². The lowest BCUT2D eigenvalue weighted by atomic mass is 10.1. The monoisotopic (exact) mass is 412 g/mol.